The van der Waals surface area contributed by atoms with Crippen molar-refractivity contribution in [2.24, 2.45) is 5.92 Å². The summed E-state index contributed by atoms with van der Waals surface area (Å²) < 4.78 is 19.7. The van der Waals surface area contributed by atoms with Gasteiger partial charge in [0.25, 0.3) is 0 Å². The van der Waals surface area contributed by atoms with Gasteiger partial charge in [-0.2, -0.15) is 0 Å². The Morgan fingerprint density at radius 3 is 2.37 bits per heavy atom. The number of ether oxygens (including phenoxy) is 1. The first-order chi connectivity index (χ1) is 20.5. The number of amides is 3. The Morgan fingerprint density at radius 2 is 1.72 bits per heavy atom. The molecular formula is C32H37FN4O6. The standard InChI is InChI=1S/C32H37FN4O6/c1-20-16-37(21(2)19-38)30(39)15-24-14-27(35-32(42)34-26-10-8-25(33)9-11-26)12-13-28(24)43-29(20)18-36(3)17-22-4-6-23(7-5-22)31(40)41/h4-14,20-21,29,38H,15-19H2,1-3H3,(H,40,41)(H2,34,35,42)/t20-,21+,29-/m0/s1. The zero-order valence-electron chi connectivity index (χ0n) is 24.4. The number of aromatic carboxylic acids is 1. The summed E-state index contributed by atoms with van der Waals surface area (Å²) in [5.74, 6) is -1.13. The SMILES string of the molecule is C[C@H](CO)N1C[C@H](C)[C@H](CN(C)Cc2ccc(C(=O)O)cc2)Oc2ccc(NC(=O)Nc3ccc(F)cc3)cc2CC1=O. The average molecular weight is 593 g/mol. The Balaban J connectivity index is 1.54. The van der Waals surface area contributed by atoms with Crippen molar-refractivity contribution >= 4 is 29.3 Å². The Kier molecular flexibility index (Phi) is 10.3. The summed E-state index contributed by atoms with van der Waals surface area (Å²) in [6.45, 7) is 5.06. The van der Waals surface area contributed by atoms with Crippen LogP contribution >= 0.6 is 0 Å². The molecule has 1 heterocycles. The fourth-order valence-electron chi connectivity index (χ4n) is 4.99. The van der Waals surface area contributed by atoms with Gasteiger partial charge in [0.15, 0.2) is 0 Å². The number of benzene rings is 3. The molecule has 0 unspecified atom stereocenters. The highest BCUT2D eigenvalue weighted by Gasteiger charge is 2.31. The van der Waals surface area contributed by atoms with Gasteiger partial charge in [0.2, 0.25) is 5.91 Å². The molecule has 0 aromatic heterocycles. The van der Waals surface area contributed by atoms with Crippen LogP contribution in [0.25, 0.3) is 0 Å². The molecule has 4 N–H and O–H groups in total. The number of nitrogens with zero attached hydrogens (tertiary/aromatic N) is 2. The lowest BCUT2D eigenvalue weighted by Gasteiger charge is -2.34. The van der Waals surface area contributed by atoms with E-state index < -0.39 is 23.9 Å². The molecule has 11 heteroatoms. The molecule has 10 nitrogen and oxygen atoms in total. The number of aliphatic hydroxyl groups is 1. The topological polar surface area (TPSA) is 131 Å². The zero-order valence-corrected chi connectivity index (χ0v) is 24.4. The number of anilines is 2. The quantitative estimate of drug-likeness (QED) is 0.289. The van der Waals surface area contributed by atoms with Crippen molar-refractivity contribution in [2.45, 2.75) is 39.0 Å². The van der Waals surface area contributed by atoms with Crippen molar-refractivity contribution in [1.29, 1.82) is 0 Å². The van der Waals surface area contributed by atoms with Crippen molar-refractivity contribution in [1.82, 2.24) is 9.80 Å². The molecule has 4 rings (SSSR count). The molecule has 0 fully saturated rings. The molecule has 0 bridgehead atoms. The van der Waals surface area contributed by atoms with Crippen LogP contribution < -0.4 is 15.4 Å². The van der Waals surface area contributed by atoms with Crippen molar-refractivity contribution < 1.29 is 33.7 Å². The highest BCUT2D eigenvalue weighted by atomic mass is 19.1. The lowest BCUT2D eigenvalue weighted by molar-refractivity contribution is -0.134. The van der Waals surface area contributed by atoms with Crippen molar-refractivity contribution in [3.05, 3.63) is 89.2 Å². The second-order valence-electron chi connectivity index (χ2n) is 11.0. The number of rotatable bonds is 9. The van der Waals surface area contributed by atoms with Crippen molar-refractivity contribution in [2.75, 3.05) is 37.4 Å². The Morgan fingerprint density at radius 1 is 1.07 bits per heavy atom. The molecule has 228 valence electrons. The van der Waals surface area contributed by atoms with Crippen LogP contribution in [-0.4, -0.2) is 76.8 Å². The van der Waals surface area contributed by atoms with E-state index >= 15 is 0 Å². The minimum Gasteiger partial charge on any atom is -0.488 e. The molecule has 1 aliphatic heterocycles. The van der Waals surface area contributed by atoms with E-state index in [4.69, 9.17) is 4.74 Å². The van der Waals surface area contributed by atoms with E-state index in [0.717, 1.165) is 5.56 Å². The number of likely N-dealkylation sites (N-methyl/N-ethyl adjacent to an activating group) is 1. The van der Waals surface area contributed by atoms with Crippen LogP contribution in [0.2, 0.25) is 0 Å². The van der Waals surface area contributed by atoms with Gasteiger partial charge in [0.1, 0.15) is 17.7 Å². The number of carboxylic acids is 1. The summed E-state index contributed by atoms with van der Waals surface area (Å²) in [4.78, 5) is 41.0. The van der Waals surface area contributed by atoms with E-state index in [1.807, 2.05) is 14.0 Å². The first kappa shape index (κ1) is 31.5. The highest BCUT2D eigenvalue weighted by molar-refractivity contribution is 6.00. The number of carbonyl (C=O) groups excluding carboxylic acids is 2. The zero-order chi connectivity index (χ0) is 31.1. The van der Waals surface area contributed by atoms with Gasteiger partial charge in [-0.05, 0) is 74.1 Å². The maximum absolute atomic E-state index is 13.5. The van der Waals surface area contributed by atoms with Gasteiger partial charge in [-0.1, -0.05) is 19.1 Å². The van der Waals surface area contributed by atoms with Crippen molar-refractivity contribution in [3.63, 3.8) is 0 Å². The fourth-order valence-corrected chi connectivity index (χ4v) is 4.99. The molecule has 0 spiro atoms. The molecule has 3 aromatic rings. The van der Waals surface area contributed by atoms with E-state index in [0.29, 0.717) is 42.3 Å². The molecule has 43 heavy (non-hydrogen) atoms. The van der Waals surface area contributed by atoms with Crippen LogP contribution in [0, 0.1) is 11.7 Å². The third kappa shape index (κ3) is 8.52. The minimum absolute atomic E-state index is 0.0139. The maximum atomic E-state index is 13.5. The number of aliphatic hydroxyl groups excluding tert-OH is 1. The summed E-state index contributed by atoms with van der Waals surface area (Å²) in [6.07, 6.45) is -0.318. The number of nitrogens with one attached hydrogen (secondary N) is 2. The molecule has 0 saturated carbocycles. The smallest absolute Gasteiger partial charge is 0.335 e. The van der Waals surface area contributed by atoms with Crippen LogP contribution in [0.3, 0.4) is 0 Å². The Bertz CT molecular complexity index is 1430. The highest BCUT2D eigenvalue weighted by Crippen LogP contribution is 2.29. The lowest BCUT2D eigenvalue weighted by atomic mass is 10.0. The number of fused-ring (bicyclic) bond motifs is 1. The molecule has 0 saturated heterocycles. The monoisotopic (exact) mass is 592 g/mol. The number of urea groups is 1. The largest absolute Gasteiger partial charge is 0.488 e. The summed E-state index contributed by atoms with van der Waals surface area (Å²) in [6, 6.07) is 16.3. The fraction of sp³-hybridized carbons (Fsp3) is 0.344. The third-order valence-corrected chi connectivity index (χ3v) is 7.42. The summed E-state index contributed by atoms with van der Waals surface area (Å²) in [5, 5.41) is 24.5. The summed E-state index contributed by atoms with van der Waals surface area (Å²) in [7, 11) is 1.95. The number of carboxylic acid groups (broad SMARTS) is 1. The number of halogens is 1. The normalized spacial score (nSPS) is 17.6. The van der Waals surface area contributed by atoms with E-state index in [1.165, 1.54) is 24.3 Å². The van der Waals surface area contributed by atoms with Crippen LogP contribution in [0.5, 0.6) is 5.75 Å². The van der Waals surface area contributed by atoms with E-state index in [2.05, 4.69) is 15.5 Å². The second kappa shape index (κ2) is 14.1. The molecule has 3 atom stereocenters. The van der Waals surface area contributed by atoms with Crippen LogP contribution in [-0.2, 0) is 17.8 Å². The average Bonchev–Trinajstić information content (AvgIpc) is 3.01. The van der Waals surface area contributed by atoms with E-state index in [1.54, 1.807) is 54.3 Å². The van der Waals surface area contributed by atoms with Crippen LogP contribution in [0.4, 0.5) is 20.6 Å². The van der Waals surface area contributed by atoms with Crippen molar-refractivity contribution in [3.8, 4) is 5.75 Å². The number of carbonyl (C=O) groups is 3. The number of hydrogen-bond donors (Lipinski definition) is 4. The Hall–Kier alpha value is -4.48. The molecule has 3 amide bonds. The Labute approximate surface area is 250 Å². The van der Waals surface area contributed by atoms with Gasteiger partial charge >= 0.3 is 12.0 Å². The van der Waals surface area contributed by atoms with Gasteiger partial charge in [-0.3, -0.25) is 9.69 Å². The first-order valence-corrected chi connectivity index (χ1v) is 14.1. The van der Waals surface area contributed by atoms with Gasteiger partial charge in [0, 0.05) is 42.5 Å². The van der Waals surface area contributed by atoms with E-state index in [9.17, 15) is 29.0 Å². The van der Waals surface area contributed by atoms with Crippen LogP contribution in [0.15, 0.2) is 66.7 Å². The van der Waals surface area contributed by atoms with Gasteiger partial charge < -0.3 is 30.5 Å². The van der Waals surface area contributed by atoms with Crippen LogP contribution in [0.1, 0.15) is 35.3 Å². The molecule has 0 aliphatic carbocycles. The molecule has 3 aromatic carbocycles. The molecule has 1 aliphatic rings. The predicted molar refractivity (Wildman–Crippen MR) is 161 cm³/mol. The van der Waals surface area contributed by atoms with Gasteiger partial charge in [-0.25, -0.2) is 14.0 Å². The number of hydrogen-bond acceptors (Lipinski definition) is 6. The molecular weight excluding hydrogens is 555 g/mol. The van der Waals surface area contributed by atoms with Gasteiger partial charge in [-0.15, -0.1) is 0 Å². The minimum atomic E-state index is -0.977. The van der Waals surface area contributed by atoms with Gasteiger partial charge in [0.05, 0.1) is 24.6 Å². The van der Waals surface area contributed by atoms with E-state index in [-0.39, 0.29) is 36.5 Å². The summed E-state index contributed by atoms with van der Waals surface area (Å²) in [5.41, 5.74) is 2.63. The predicted octanol–water partition coefficient (Wildman–Crippen LogP) is 4.45. The lowest BCUT2D eigenvalue weighted by Crippen LogP contribution is -2.47. The maximum Gasteiger partial charge on any atom is 0.335 e. The molecule has 0 radical (unpaired) electrons. The first-order valence-electron chi connectivity index (χ1n) is 14.1. The third-order valence-electron chi connectivity index (χ3n) is 7.42. The second-order valence-corrected chi connectivity index (χ2v) is 11.0. The summed E-state index contributed by atoms with van der Waals surface area (Å²) >= 11 is 0.